The van der Waals surface area contributed by atoms with Gasteiger partial charge in [0, 0.05) is 59.4 Å². The number of carbonyl (C=O) groups excluding carboxylic acids is 2. The van der Waals surface area contributed by atoms with E-state index in [1.807, 2.05) is 73.1 Å². The third kappa shape index (κ3) is 9.06. The van der Waals surface area contributed by atoms with Gasteiger partial charge in [0.25, 0.3) is 0 Å². The fraction of sp³-hybridized carbons (Fsp3) is 0.167. The normalized spacial score (nSPS) is 12.9. The minimum atomic E-state index is -1.19. The van der Waals surface area contributed by atoms with E-state index < -0.39 is 24.0 Å². The Bertz CT molecular complexity index is 1860. The number of carboxylic acid groups (broad SMARTS) is 2. The second kappa shape index (κ2) is 16.5. The van der Waals surface area contributed by atoms with Gasteiger partial charge in [-0.05, 0) is 61.4 Å². The molecule has 2 N–H and O–H groups in total. The van der Waals surface area contributed by atoms with Gasteiger partial charge in [0.05, 0.1) is 46.8 Å². The van der Waals surface area contributed by atoms with E-state index in [0.717, 1.165) is 32.9 Å². The van der Waals surface area contributed by atoms with E-state index in [2.05, 4.69) is 29.9 Å². The van der Waals surface area contributed by atoms with Crippen LogP contribution in [0.3, 0.4) is 0 Å². The number of hydrogen-bond donors (Lipinski definition) is 2. The molecule has 0 saturated heterocycles. The van der Waals surface area contributed by atoms with Crippen LogP contribution < -0.4 is 10.2 Å². The molecule has 232 valence electrons. The zero-order valence-electron chi connectivity index (χ0n) is 26.1. The molecule has 0 saturated carbocycles. The molecule has 0 aliphatic rings. The number of rotatable bonds is 10. The first-order valence-corrected chi connectivity index (χ1v) is 14.7. The number of nitrogens with zero attached hydrogens (tertiary/aromatic N) is 4. The molecule has 47 heavy (non-hydrogen) atoms. The number of H-pyrrole nitrogens is 2. The van der Waals surface area contributed by atoms with Gasteiger partial charge in [0.1, 0.15) is 0 Å². The van der Waals surface area contributed by atoms with Gasteiger partial charge < -0.3 is 29.8 Å². The molecule has 2 atom stereocenters. The summed E-state index contributed by atoms with van der Waals surface area (Å²) in [5, 5.41) is 25.0. The standard InChI is InChI=1S/2C18H17N3O2.Cd/c2*1-12(15-7-4-5-9-19-15)21-17(18(22)23)10-13-11-20-16-8-3-2-6-14(13)16;/h2*2-9,11,17,20H,10H2,1H3,(H,22,23);/q;;+2/p-2/t2*17-;/m00./s1. The molecule has 10 nitrogen and oxygen atoms in total. The molecule has 0 fully saturated rings. The number of nitrogens with one attached hydrogen (secondary N) is 2. The number of para-hydroxylation sites is 2. The average Bonchev–Trinajstić information content (AvgIpc) is 3.69. The number of carbonyl (C=O) groups is 2. The van der Waals surface area contributed by atoms with Crippen molar-refractivity contribution in [2.24, 2.45) is 9.98 Å². The second-order valence-corrected chi connectivity index (χ2v) is 10.7. The Balaban J connectivity index is 0.000000208. The van der Waals surface area contributed by atoms with Crippen molar-refractivity contribution in [3.05, 3.63) is 132 Å². The summed E-state index contributed by atoms with van der Waals surface area (Å²) in [5.74, 6) is -2.38. The number of carboxylic acids is 2. The van der Waals surface area contributed by atoms with Gasteiger partial charge in [-0.15, -0.1) is 0 Å². The molecule has 0 unspecified atom stereocenters. The predicted octanol–water partition coefficient (Wildman–Crippen LogP) is 3.46. The Morgan fingerprint density at radius 2 is 1.02 bits per heavy atom. The van der Waals surface area contributed by atoms with Crippen LogP contribution in [0.1, 0.15) is 36.4 Å². The molecule has 0 radical (unpaired) electrons. The summed E-state index contributed by atoms with van der Waals surface area (Å²) in [6, 6.07) is 24.6. The summed E-state index contributed by atoms with van der Waals surface area (Å²) < 4.78 is 0. The van der Waals surface area contributed by atoms with E-state index in [-0.39, 0.29) is 40.1 Å². The van der Waals surface area contributed by atoms with Crippen LogP contribution in [0.5, 0.6) is 0 Å². The van der Waals surface area contributed by atoms with Crippen LogP contribution in [0.4, 0.5) is 0 Å². The van der Waals surface area contributed by atoms with E-state index in [9.17, 15) is 19.8 Å². The van der Waals surface area contributed by atoms with Crippen LogP contribution in [0.15, 0.2) is 120 Å². The summed E-state index contributed by atoms with van der Waals surface area (Å²) in [7, 11) is 0. The minimum absolute atomic E-state index is 0. The fourth-order valence-electron chi connectivity index (χ4n) is 5.13. The summed E-state index contributed by atoms with van der Waals surface area (Å²) >= 11 is 0. The second-order valence-electron chi connectivity index (χ2n) is 10.7. The topological polar surface area (TPSA) is 162 Å². The third-order valence-corrected chi connectivity index (χ3v) is 7.49. The predicted molar refractivity (Wildman–Crippen MR) is 174 cm³/mol. The van der Waals surface area contributed by atoms with Crippen LogP contribution in [-0.4, -0.2) is 55.4 Å². The minimum Gasteiger partial charge on any atom is -0.548 e. The van der Waals surface area contributed by atoms with Gasteiger partial charge in [-0.1, -0.05) is 48.5 Å². The van der Waals surface area contributed by atoms with Crippen LogP contribution >= 0.6 is 0 Å². The van der Waals surface area contributed by atoms with Crippen LogP contribution in [0.2, 0.25) is 0 Å². The summed E-state index contributed by atoms with van der Waals surface area (Å²) in [6.45, 7) is 3.51. The molecule has 11 heteroatoms. The van der Waals surface area contributed by atoms with Crippen LogP contribution in [0, 0.1) is 0 Å². The van der Waals surface area contributed by atoms with E-state index in [1.54, 1.807) is 50.5 Å². The van der Waals surface area contributed by atoms with Crippen molar-refractivity contribution in [2.75, 3.05) is 0 Å². The molecular weight excluding hydrogens is 693 g/mol. The maximum Gasteiger partial charge on any atom is 2.00 e. The number of aromatic amines is 2. The number of aliphatic carboxylic acids is 2. The first-order chi connectivity index (χ1) is 22.3. The number of aromatic nitrogens is 4. The van der Waals surface area contributed by atoms with Gasteiger partial charge in [-0.2, -0.15) is 0 Å². The summed E-state index contributed by atoms with van der Waals surface area (Å²) in [6.07, 6.45) is 7.51. The SMILES string of the molecule is CC(=N[C@@H](Cc1c[nH]c2ccccc12)C(=O)[O-])c1ccccn1.CC(=N[C@@H](Cc1c[nH]c2ccccc12)C(=O)[O-])c1ccccn1.[Cd+2]. The largest absolute Gasteiger partial charge is 2.00 e. The van der Waals surface area contributed by atoms with E-state index in [1.165, 1.54) is 0 Å². The summed E-state index contributed by atoms with van der Waals surface area (Å²) in [4.78, 5) is 46.2. The van der Waals surface area contributed by atoms with Crippen molar-refractivity contribution in [2.45, 2.75) is 38.8 Å². The molecular formula is C36H32CdN6O4. The Morgan fingerprint density at radius 3 is 1.38 bits per heavy atom. The van der Waals surface area contributed by atoms with Crippen LogP contribution in [-0.2, 0) is 49.7 Å². The van der Waals surface area contributed by atoms with Crippen molar-refractivity contribution in [1.82, 2.24) is 19.9 Å². The number of pyridine rings is 2. The molecule has 6 aromatic rings. The molecule has 2 aromatic carbocycles. The Morgan fingerprint density at radius 1 is 0.638 bits per heavy atom. The van der Waals surface area contributed by atoms with Gasteiger partial charge >= 0.3 is 27.3 Å². The maximum absolute atomic E-state index is 11.5. The third-order valence-electron chi connectivity index (χ3n) is 7.49. The first kappa shape index (κ1) is 34.9. The van der Waals surface area contributed by atoms with Crippen molar-refractivity contribution in [3.8, 4) is 0 Å². The van der Waals surface area contributed by atoms with E-state index >= 15 is 0 Å². The zero-order valence-corrected chi connectivity index (χ0v) is 30.1. The van der Waals surface area contributed by atoms with E-state index in [4.69, 9.17) is 0 Å². The maximum atomic E-state index is 11.5. The molecule has 6 rings (SSSR count). The Labute approximate surface area is 291 Å². The van der Waals surface area contributed by atoms with Gasteiger partial charge in [0.15, 0.2) is 0 Å². The van der Waals surface area contributed by atoms with Crippen molar-refractivity contribution < 1.29 is 47.1 Å². The van der Waals surface area contributed by atoms with Gasteiger partial charge in [0.2, 0.25) is 0 Å². The Kier molecular flexibility index (Phi) is 12.3. The molecule has 0 amide bonds. The number of hydrogen-bond acceptors (Lipinski definition) is 8. The molecule has 0 aliphatic carbocycles. The smallest absolute Gasteiger partial charge is 0.548 e. The van der Waals surface area contributed by atoms with Gasteiger partial charge in [-0.3, -0.25) is 20.0 Å². The zero-order chi connectivity index (χ0) is 32.5. The first-order valence-electron chi connectivity index (χ1n) is 14.7. The van der Waals surface area contributed by atoms with Crippen LogP contribution in [0.25, 0.3) is 21.8 Å². The average molecular weight is 725 g/mol. The Hall–Kier alpha value is -4.98. The molecule has 0 bridgehead atoms. The quantitative estimate of drug-likeness (QED) is 0.163. The summed E-state index contributed by atoms with van der Waals surface area (Å²) in [5.41, 5.74) is 6.27. The van der Waals surface area contributed by atoms with Crippen molar-refractivity contribution in [3.63, 3.8) is 0 Å². The number of fused-ring (bicyclic) bond motifs is 2. The number of benzene rings is 2. The molecule has 0 spiro atoms. The molecule has 4 heterocycles. The molecule has 4 aromatic heterocycles. The molecule has 0 aliphatic heterocycles. The van der Waals surface area contributed by atoms with Crippen molar-refractivity contribution >= 4 is 45.2 Å². The number of aliphatic imine (C=N–C) groups is 2. The fourth-order valence-corrected chi connectivity index (χ4v) is 5.13. The monoisotopic (exact) mass is 726 g/mol. The van der Waals surface area contributed by atoms with Crippen molar-refractivity contribution in [1.29, 1.82) is 0 Å². The van der Waals surface area contributed by atoms with Gasteiger partial charge in [-0.25, -0.2) is 0 Å². The van der Waals surface area contributed by atoms with E-state index in [0.29, 0.717) is 22.8 Å².